The van der Waals surface area contributed by atoms with Gasteiger partial charge in [-0.15, -0.1) is 0 Å². The Kier molecular flexibility index (Phi) is 5.86. The number of carboxylic acid groups (broad SMARTS) is 1. The Morgan fingerprint density at radius 1 is 1.27 bits per heavy atom. The molecule has 0 bridgehead atoms. The lowest BCUT2D eigenvalue weighted by molar-refractivity contribution is -0.136. The van der Waals surface area contributed by atoms with E-state index >= 15 is 0 Å². The summed E-state index contributed by atoms with van der Waals surface area (Å²) in [6, 6.07) is 1.92. The zero-order valence-corrected chi connectivity index (χ0v) is 14.9. The number of benzene rings is 1. The number of carbonyl (C=O) groups is 2. The average Bonchev–Trinajstić information content (AvgIpc) is 2.93. The highest BCUT2D eigenvalue weighted by molar-refractivity contribution is 5.97. The van der Waals surface area contributed by atoms with E-state index in [2.05, 4.69) is 5.32 Å². The fourth-order valence-electron chi connectivity index (χ4n) is 2.62. The lowest BCUT2D eigenvalue weighted by atomic mass is 10.0. The molecule has 0 aliphatic rings. The number of methoxy groups -OCH3 is 2. The van der Waals surface area contributed by atoms with Crippen LogP contribution in [0.25, 0.3) is 0 Å². The van der Waals surface area contributed by atoms with Crippen molar-refractivity contribution in [2.24, 2.45) is 0 Å². The molecule has 1 unspecified atom stereocenters. The standard InChI is InChI=1S/C18H20FNO6/c1-9-8-26-15(7-16(21)22)17(9)18(23)20-10(2)11-5-13(24-3)14(25-4)6-12(11)19/h5-6,8,10H,7H2,1-4H3,(H,20,23)(H,21,22). The van der Waals surface area contributed by atoms with E-state index in [1.165, 1.54) is 32.6 Å². The lowest BCUT2D eigenvalue weighted by Crippen LogP contribution is -2.28. The summed E-state index contributed by atoms with van der Waals surface area (Å²) in [5, 5.41) is 11.6. The number of furan rings is 1. The summed E-state index contributed by atoms with van der Waals surface area (Å²) in [6.07, 6.45) is 0.893. The summed E-state index contributed by atoms with van der Waals surface area (Å²) in [5.74, 6) is -1.61. The SMILES string of the molecule is COc1cc(F)c(C(C)NC(=O)c2c(C)coc2CC(=O)O)cc1OC. The van der Waals surface area contributed by atoms with Gasteiger partial charge in [0, 0.05) is 17.2 Å². The molecule has 0 radical (unpaired) electrons. The van der Waals surface area contributed by atoms with Gasteiger partial charge in [0.05, 0.1) is 32.1 Å². The maximum atomic E-state index is 14.3. The van der Waals surface area contributed by atoms with Gasteiger partial charge < -0.3 is 24.3 Å². The van der Waals surface area contributed by atoms with Crippen molar-refractivity contribution in [1.29, 1.82) is 0 Å². The molecule has 0 saturated heterocycles. The molecule has 7 nitrogen and oxygen atoms in total. The first-order chi connectivity index (χ1) is 12.3. The summed E-state index contributed by atoms with van der Waals surface area (Å²) >= 11 is 0. The molecule has 0 spiro atoms. The predicted octanol–water partition coefficient (Wildman–Crippen LogP) is 2.86. The fourth-order valence-corrected chi connectivity index (χ4v) is 2.62. The minimum absolute atomic E-state index is 0.0486. The second-order valence-electron chi connectivity index (χ2n) is 5.71. The number of carboxylic acids is 1. The number of aryl methyl sites for hydroxylation is 1. The van der Waals surface area contributed by atoms with E-state index in [1.54, 1.807) is 13.8 Å². The van der Waals surface area contributed by atoms with Crippen LogP contribution in [0, 0.1) is 12.7 Å². The van der Waals surface area contributed by atoms with Crippen molar-refractivity contribution in [3.8, 4) is 11.5 Å². The summed E-state index contributed by atoms with van der Waals surface area (Å²) < 4.78 is 29.7. The number of rotatable bonds is 7. The van der Waals surface area contributed by atoms with E-state index in [0.717, 1.165) is 0 Å². The van der Waals surface area contributed by atoms with E-state index < -0.39 is 30.2 Å². The smallest absolute Gasteiger partial charge is 0.311 e. The first-order valence-corrected chi connectivity index (χ1v) is 7.79. The van der Waals surface area contributed by atoms with Gasteiger partial charge >= 0.3 is 5.97 Å². The van der Waals surface area contributed by atoms with Gasteiger partial charge in [0.25, 0.3) is 5.91 Å². The molecule has 0 aliphatic carbocycles. The van der Waals surface area contributed by atoms with Crippen molar-refractivity contribution in [2.45, 2.75) is 26.3 Å². The third-order valence-corrected chi connectivity index (χ3v) is 3.91. The maximum absolute atomic E-state index is 14.3. The highest BCUT2D eigenvalue weighted by Crippen LogP contribution is 2.32. The van der Waals surface area contributed by atoms with E-state index in [4.69, 9.17) is 19.0 Å². The highest BCUT2D eigenvalue weighted by atomic mass is 19.1. The molecule has 0 fully saturated rings. The number of aliphatic carboxylic acids is 1. The minimum atomic E-state index is -1.12. The van der Waals surface area contributed by atoms with Crippen LogP contribution in [0.2, 0.25) is 0 Å². The molecular weight excluding hydrogens is 345 g/mol. The van der Waals surface area contributed by atoms with Crippen LogP contribution >= 0.6 is 0 Å². The Balaban J connectivity index is 2.28. The molecule has 1 aromatic carbocycles. The molecule has 1 heterocycles. The first-order valence-electron chi connectivity index (χ1n) is 7.79. The highest BCUT2D eigenvalue weighted by Gasteiger charge is 2.24. The maximum Gasteiger partial charge on any atom is 0.311 e. The molecule has 8 heteroatoms. The van der Waals surface area contributed by atoms with Gasteiger partial charge in [0.2, 0.25) is 0 Å². The van der Waals surface area contributed by atoms with Crippen LogP contribution in [0.15, 0.2) is 22.8 Å². The van der Waals surface area contributed by atoms with Crippen molar-refractivity contribution < 1.29 is 33.0 Å². The van der Waals surface area contributed by atoms with E-state index in [-0.39, 0.29) is 22.6 Å². The summed E-state index contributed by atoms with van der Waals surface area (Å²) in [5.41, 5.74) is 0.843. The average molecular weight is 365 g/mol. The van der Waals surface area contributed by atoms with Crippen LogP contribution in [-0.2, 0) is 11.2 Å². The number of hydrogen-bond acceptors (Lipinski definition) is 5. The van der Waals surface area contributed by atoms with Crippen molar-refractivity contribution >= 4 is 11.9 Å². The Morgan fingerprint density at radius 2 is 1.88 bits per heavy atom. The quantitative estimate of drug-likeness (QED) is 0.783. The molecule has 26 heavy (non-hydrogen) atoms. The van der Waals surface area contributed by atoms with Crippen LogP contribution in [0.3, 0.4) is 0 Å². The third kappa shape index (κ3) is 3.96. The Bertz CT molecular complexity index is 829. The van der Waals surface area contributed by atoms with Crippen LogP contribution < -0.4 is 14.8 Å². The summed E-state index contributed by atoms with van der Waals surface area (Å²) in [6.45, 7) is 3.24. The molecule has 1 amide bonds. The van der Waals surface area contributed by atoms with Crippen molar-refractivity contribution in [1.82, 2.24) is 5.32 Å². The number of halogens is 1. The van der Waals surface area contributed by atoms with Crippen LogP contribution in [-0.4, -0.2) is 31.2 Å². The zero-order chi connectivity index (χ0) is 19.4. The lowest BCUT2D eigenvalue weighted by Gasteiger charge is -2.17. The Morgan fingerprint density at radius 3 is 2.46 bits per heavy atom. The monoisotopic (exact) mass is 365 g/mol. The molecule has 0 aliphatic heterocycles. The molecule has 140 valence electrons. The topological polar surface area (TPSA) is 98.0 Å². The summed E-state index contributed by atoms with van der Waals surface area (Å²) in [7, 11) is 2.82. The van der Waals surface area contributed by atoms with Crippen LogP contribution in [0.5, 0.6) is 11.5 Å². The normalized spacial score (nSPS) is 11.7. The summed E-state index contributed by atoms with van der Waals surface area (Å²) in [4.78, 5) is 23.5. The molecule has 2 aromatic rings. The van der Waals surface area contributed by atoms with Crippen molar-refractivity contribution in [3.63, 3.8) is 0 Å². The van der Waals surface area contributed by atoms with E-state index in [9.17, 15) is 14.0 Å². The molecule has 0 saturated carbocycles. The molecule has 1 atom stereocenters. The minimum Gasteiger partial charge on any atom is -0.493 e. The van der Waals surface area contributed by atoms with Gasteiger partial charge in [0.15, 0.2) is 11.5 Å². The van der Waals surface area contributed by atoms with E-state index in [0.29, 0.717) is 11.3 Å². The van der Waals surface area contributed by atoms with Crippen molar-refractivity contribution in [2.75, 3.05) is 14.2 Å². The molecule has 2 rings (SSSR count). The second-order valence-corrected chi connectivity index (χ2v) is 5.71. The van der Waals surface area contributed by atoms with Gasteiger partial charge in [-0.2, -0.15) is 0 Å². The first kappa shape index (κ1) is 19.3. The largest absolute Gasteiger partial charge is 0.493 e. The number of nitrogens with one attached hydrogen (secondary N) is 1. The Hall–Kier alpha value is -3.03. The van der Waals surface area contributed by atoms with Gasteiger partial charge in [0.1, 0.15) is 18.0 Å². The second kappa shape index (κ2) is 7.90. The van der Waals surface area contributed by atoms with E-state index in [1.807, 2.05) is 0 Å². The number of hydrogen-bond donors (Lipinski definition) is 2. The third-order valence-electron chi connectivity index (χ3n) is 3.91. The van der Waals surface area contributed by atoms with Gasteiger partial charge in [-0.3, -0.25) is 9.59 Å². The molecule has 2 N–H and O–H groups in total. The Labute approximate surface area is 149 Å². The number of carbonyl (C=O) groups excluding carboxylic acids is 1. The molecule has 1 aromatic heterocycles. The number of ether oxygens (including phenoxy) is 2. The van der Waals surface area contributed by atoms with Crippen molar-refractivity contribution in [3.05, 3.63) is 46.7 Å². The van der Waals surface area contributed by atoms with Gasteiger partial charge in [-0.25, -0.2) is 4.39 Å². The molecular formula is C18H20FNO6. The van der Waals surface area contributed by atoms with Gasteiger partial charge in [-0.1, -0.05) is 0 Å². The van der Waals surface area contributed by atoms with Gasteiger partial charge in [-0.05, 0) is 19.9 Å². The van der Waals surface area contributed by atoms with Crippen LogP contribution in [0.4, 0.5) is 4.39 Å². The fraction of sp³-hybridized carbons (Fsp3) is 0.333. The zero-order valence-electron chi connectivity index (χ0n) is 14.9. The predicted molar refractivity (Wildman–Crippen MR) is 90.2 cm³/mol. The van der Waals surface area contributed by atoms with Crippen LogP contribution in [0.1, 0.15) is 40.2 Å². The number of amides is 1.